The number of anilines is 1. The van der Waals surface area contributed by atoms with Crippen LogP contribution in [0.5, 0.6) is 0 Å². The van der Waals surface area contributed by atoms with Crippen molar-refractivity contribution in [2.75, 3.05) is 31.2 Å². The van der Waals surface area contributed by atoms with E-state index in [0.717, 1.165) is 36.5 Å². The molecule has 1 aliphatic carbocycles. The molecule has 1 saturated heterocycles. The molecule has 7 heteroatoms. The number of carbonyl (C=O) groups excluding carboxylic acids is 1. The van der Waals surface area contributed by atoms with Crippen molar-refractivity contribution >= 4 is 22.6 Å². The second-order valence-corrected chi connectivity index (χ2v) is 10.4. The summed E-state index contributed by atoms with van der Waals surface area (Å²) in [6.07, 6.45) is 9.81. The minimum absolute atomic E-state index is 0.0684. The predicted octanol–water partition coefficient (Wildman–Crippen LogP) is 6.37. The number of benzene rings is 1. The Labute approximate surface area is 217 Å². The summed E-state index contributed by atoms with van der Waals surface area (Å²) < 4.78 is 13.6. The molecule has 0 unspecified atom stereocenters. The summed E-state index contributed by atoms with van der Waals surface area (Å²) >= 11 is 0. The summed E-state index contributed by atoms with van der Waals surface area (Å²) in [4.78, 5) is 20.2. The molecule has 7 nitrogen and oxygen atoms in total. The Morgan fingerprint density at radius 1 is 1.05 bits per heavy atom. The van der Waals surface area contributed by atoms with Crippen molar-refractivity contribution in [1.29, 1.82) is 0 Å². The van der Waals surface area contributed by atoms with Gasteiger partial charge in [-0.05, 0) is 31.4 Å². The maximum atomic E-state index is 13.1. The molecule has 4 aromatic rings. The zero-order valence-corrected chi connectivity index (χ0v) is 21.5. The predicted molar refractivity (Wildman–Crippen MR) is 144 cm³/mol. The number of nitrogens with zero attached hydrogens (tertiary/aromatic N) is 4. The van der Waals surface area contributed by atoms with Gasteiger partial charge >= 0.3 is 0 Å². The highest BCUT2D eigenvalue weighted by atomic mass is 16.5. The first-order valence-electron chi connectivity index (χ1n) is 13.6. The molecule has 4 heterocycles. The van der Waals surface area contributed by atoms with Crippen molar-refractivity contribution < 1.29 is 13.9 Å². The highest BCUT2D eigenvalue weighted by Gasteiger charge is 2.23. The third-order valence-corrected chi connectivity index (χ3v) is 7.71. The highest BCUT2D eigenvalue weighted by Crippen LogP contribution is 2.33. The molecule has 1 aliphatic heterocycles. The Kier molecular flexibility index (Phi) is 6.79. The number of carbonyl (C=O) groups is 1. The first kappa shape index (κ1) is 23.9. The fraction of sp³-hybridized carbons (Fsp3) is 0.433. The Balaban J connectivity index is 1.32. The van der Waals surface area contributed by atoms with Gasteiger partial charge in [0.1, 0.15) is 5.52 Å². The van der Waals surface area contributed by atoms with E-state index in [4.69, 9.17) is 19.2 Å². The summed E-state index contributed by atoms with van der Waals surface area (Å²) in [7, 11) is 0. The number of ether oxygens (including phenoxy) is 1. The largest absolute Gasteiger partial charge is 0.449 e. The Bertz CT molecular complexity index is 1390. The Hall–Kier alpha value is -3.45. The van der Waals surface area contributed by atoms with Crippen LogP contribution in [0.3, 0.4) is 0 Å². The fourth-order valence-corrected chi connectivity index (χ4v) is 5.63. The average Bonchev–Trinajstić information content (AvgIpc) is 3.60. The molecule has 0 bridgehead atoms. The van der Waals surface area contributed by atoms with Crippen LogP contribution in [0, 0.1) is 12.8 Å². The van der Waals surface area contributed by atoms with Crippen LogP contribution in [0.2, 0.25) is 0 Å². The number of hydrogen-bond donors (Lipinski definition) is 0. The van der Waals surface area contributed by atoms with E-state index in [1.54, 1.807) is 4.68 Å². The Morgan fingerprint density at radius 2 is 1.89 bits per heavy atom. The lowest BCUT2D eigenvalue weighted by Gasteiger charge is -2.28. The van der Waals surface area contributed by atoms with E-state index in [-0.39, 0.29) is 5.78 Å². The molecule has 2 aliphatic rings. The topological polar surface area (TPSA) is 73.4 Å². The number of fused-ring (bicyclic) bond motifs is 1. The molecule has 1 saturated carbocycles. The van der Waals surface area contributed by atoms with E-state index in [2.05, 4.69) is 30.0 Å². The van der Waals surface area contributed by atoms with Gasteiger partial charge < -0.3 is 14.1 Å². The smallest absolute Gasteiger partial charge is 0.198 e. The minimum atomic E-state index is 0.0684. The molecule has 1 aromatic carbocycles. The summed E-state index contributed by atoms with van der Waals surface area (Å²) in [5, 5.41) is 4.82. The van der Waals surface area contributed by atoms with Crippen LogP contribution >= 0.6 is 0 Å². The number of Topliss-reactive ketones (excluding diaryl/α,β-unsaturated/α-hetero) is 1. The second kappa shape index (κ2) is 10.5. The van der Waals surface area contributed by atoms with Crippen molar-refractivity contribution in [3.8, 4) is 17.1 Å². The lowest BCUT2D eigenvalue weighted by Crippen LogP contribution is -2.36. The number of aryl methyl sites for hydroxylation is 1. The van der Waals surface area contributed by atoms with Crippen molar-refractivity contribution in [3.63, 3.8) is 0 Å². The van der Waals surface area contributed by atoms with Crippen LogP contribution in [0.25, 0.3) is 28.2 Å². The molecule has 0 radical (unpaired) electrons. The fourth-order valence-electron chi connectivity index (χ4n) is 5.63. The average molecular weight is 499 g/mol. The number of morpholine rings is 1. The van der Waals surface area contributed by atoms with E-state index in [0.29, 0.717) is 48.2 Å². The van der Waals surface area contributed by atoms with Gasteiger partial charge in [0, 0.05) is 43.4 Å². The molecule has 3 aromatic heterocycles. The summed E-state index contributed by atoms with van der Waals surface area (Å²) in [5.74, 6) is 1.85. The van der Waals surface area contributed by atoms with Crippen LogP contribution in [-0.2, 0) is 4.74 Å². The van der Waals surface area contributed by atoms with Crippen LogP contribution in [0.4, 0.5) is 5.69 Å². The molecule has 0 amide bonds. The Morgan fingerprint density at radius 3 is 2.70 bits per heavy atom. The van der Waals surface area contributed by atoms with Gasteiger partial charge in [-0.1, -0.05) is 55.9 Å². The van der Waals surface area contributed by atoms with Gasteiger partial charge in [0.15, 0.2) is 22.9 Å². The van der Waals surface area contributed by atoms with Crippen molar-refractivity contribution in [3.05, 3.63) is 60.0 Å². The van der Waals surface area contributed by atoms with E-state index in [9.17, 15) is 4.79 Å². The number of hydrogen-bond acceptors (Lipinski definition) is 6. The van der Waals surface area contributed by atoms with Crippen molar-refractivity contribution in [2.45, 2.75) is 51.9 Å². The quantitative estimate of drug-likeness (QED) is 0.276. The standard InChI is InChI=1S/C30H34N4O3/c1-21-6-5-9-23(18-21)24-12-13-34(32-24)29-20-26(33-14-16-36-17-15-33)30-25(31-29)19-28(37-30)27(35)11-10-22-7-3-2-4-8-22/h5-6,9,12-13,18-20,22H,2-4,7-8,10-11,14-17H2,1H3. The SMILES string of the molecule is Cc1cccc(-c2ccn(-c3cc(N4CCOCC4)c4oc(C(=O)CCC5CCCCC5)cc4n3)n2)c1. The second-order valence-electron chi connectivity index (χ2n) is 10.4. The number of pyridine rings is 1. The summed E-state index contributed by atoms with van der Waals surface area (Å²) in [6.45, 7) is 4.92. The molecular formula is C30H34N4O3. The molecular weight excluding hydrogens is 464 g/mol. The van der Waals surface area contributed by atoms with E-state index in [1.807, 2.05) is 30.5 Å². The van der Waals surface area contributed by atoms with Gasteiger partial charge in [0.2, 0.25) is 0 Å². The maximum absolute atomic E-state index is 13.1. The highest BCUT2D eigenvalue weighted by molar-refractivity contribution is 5.99. The number of aromatic nitrogens is 3. The molecule has 0 atom stereocenters. The first-order valence-corrected chi connectivity index (χ1v) is 13.6. The molecule has 2 fully saturated rings. The summed E-state index contributed by atoms with van der Waals surface area (Å²) in [6, 6.07) is 14.2. The van der Waals surface area contributed by atoms with Crippen LogP contribution in [-0.4, -0.2) is 46.9 Å². The molecule has 0 N–H and O–H groups in total. The number of rotatable bonds is 7. The third-order valence-electron chi connectivity index (χ3n) is 7.71. The first-order chi connectivity index (χ1) is 18.1. The lowest BCUT2D eigenvalue weighted by atomic mass is 9.85. The molecule has 6 rings (SSSR count). The summed E-state index contributed by atoms with van der Waals surface area (Å²) in [5.41, 5.74) is 5.44. The van der Waals surface area contributed by atoms with E-state index < -0.39 is 0 Å². The van der Waals surface area contributed by atoms with Gasteiger partial charge in [-0.15, -0.1) is 0 Å². The van der Waals surface area contributed by atoms with Crippen LogP contribution < -0.4 is 4.90 Å². The van der Waals surface area contributed by atoms with Gasteiger partial charge in [-0.25, -0.2) is 9.67 Å². The molecule has 0 spiro atoms. The van der Waals surface area contributed by atoms with Crippen LogP contribution in [0.1, 0.15) is 61.1 Å². The van der Waals surface area contributed by atoms with Crippen LogP contribution in [0.15, 0.2) is 53.1 Å². The van der Waals surface area contributed by atoms with Gasteiger partial charge in [0.05, 0.1) is 24.6 Å². The maximum Gasteiger partial charge on any atom is 0.198 e. The van der Waals surface area contributed by atoms with Crippen molar-refractivity contribution in [2.24, 2.45) is 5.92 Å². The van der Waals surface area contributed by atoms with E-state index >= 15 is 0 Å². The minimum Gasteiger partial charge on any atom is -0.449 e. The lowest BCUT2D eigenvalue weighted by molar-refractivity contribution is 0.0945. The zero-order valence-electron chi connectivity index (χ0n) is 21.5. The number of ketones is 1. The van der Waals surface area contributed by atoms with Gasteiger partial charge in [-0.3, -0.25) is 4.79 Å². The number of furan rings is 1. The molecule has 192 valence electrons. The monoisotopic (exact) mass is 498 g/mol. The normalized spacial score (nSPS) is 16.9. The van der Waals surface area contributed by atoms with Gasteiger partial charge in [0.25, 0.3) is 0 Å². The van der Waals surface area contributed by atoms with Crippen molar-refractivity contribution in [1.82, 2.24) is 14.8 Å². The van der Waals surface area contributed by atoms with Gasteiger partial charge in [-0.2, -0.15) is 5.10 Å². The molecule has 37 heavy (non-hydrogen) atoms. The zero-order chi connectivity index (χ0) is 25.2. The van der Waals surface area contributed by atoms with E-state index in [1.165, 1.54) is 37.7 Å². The third kappa shape index (κ3) is 5.18.